The molecule has 1 aromatic carbocycles. The normalized spacial score (nSPS) is 21.4. The summed E-state index contributed by atoms with van der Waals surface area (Å²) in [6.45, 7) is 4.26. The number of hydrogen-bond acceptors (Lipinski definition) is 4. The number of urea groups is 1. The van der Waals surface area contributed by atoms with Crippen molar-refractivity contribution < 1.29 is 19.1 Å². The summed E-state index contributed by atoms with van der Waals surface area (Å²) in [7, 11) is 1.57. The molecule has 21 heavy (non-hydrogen) atoms. The lowest BCUT2D eigenvalue weighted by Crippen LogP contribution is -2.48. The number of methoxy groups -OCH3 is 1. The third-order valence-electron chi connectivity index (χ3n) is 3.88. The van der Waals surface area contributed by atoms with E-state index >= 15 is 0 Å². The average Bonchev–Trinajstić information content (AvgIpc) is 2.71. The van der Waals surface area contributed by atoms with Crippen molar-refractivity contribution in [2.45, 2.75) is 25.8 Å². The van der Waals surface area contributed by atoms with Gasteiger partial charge >= 0.3 is 6.03 Å². The predicted octanol–water partition coefficient (Wildman–Crippen LogP) is 1.79. The van der Waals surface area contributed by atoms with Gasteiger partial charge in [0.15, 0.2) is 11.5 Å². The van der Waals surface area contributed by atoms with Crippen LogP contribution in [-0.2, 0) is 4.79 Å². The first kappa shape index (κ1) is 15.2. The Hall–Kier alpha value is -2.24. The van der Waals surface area contributed by atoms with E-state index in [1.54, 1.807) is 26.2 Å². The Morgan fingerprint density at radius 3 is 2.52 bits per heavy atom. The number of amides is 3. The number of para-hydroxylation sites is 2. The Bertz CT molecular complexity index is 546. The highest BCUT2D eigenvalue weighted by Gasteiger charge is 2.47. The fraction of sp³-hybridized carbons (Fsp3) is 0.467. The Labute approximate surface area is 124 Å². The van der Waals surface area contributed by atoms with E-state index in [9.17, 15) is 9.59 Å². The molecule has 6 nitrogen and oxygen atoms in total. The molecule has 1 N–H and O–H groups in total. The van der Waals surface area contributed by atoms with Crippen molar-refractivity contribution in [1.82, 2.24) is 10.2 Å². The van der Waals surface area contributed by atoms with Crippen LogP contribution in [0.2, 0.25) is 0 Å². The van der Waals surface area contributed by atoms with Gasteiger partial charge in [0, 0.05) is 0 Å². The Kier molecular flexibility index (Phi) is 4.35. The molecule has 2 rings (SSSR count). The summed E-state index contributed by atoms with van der Waals surface area (Å²) in [5.74, 6) is 0.995. The van der Waals surface area contributed by atoms with Crippen LogP contribution in [0.5, 0.6) is 11.5 Å². The summed E-state index contributed by atoms with van der Waals surface area (Å²) >= 11 is 0. The summed E-state index contributed by atoms with van der Waals surface area (Å²) in [5, 5.41) is 2.35. The van der Waals surface area contributed by atoms with Gasteiger partial charge in [0.05, 0.1) is 13.7 Å². The smallest absolute Gasteiger partial charge is 0.325 e. The molecule has 1 aliphatic heterocycles. The number of carbonyl (C=O) groups excluding carboxylic acids is 2. The molecule has 3 amide bonds. The first-order valence-corrected chi connectivity index (χ1v) is 6.91. The molecule has 1 unspecified atom stereocenters. The van der Waals surface area contributed by atoms with Gasteiger partial charge < -0.3 is 14.4 Å². The molecule has 1 aliphatic rings. The third-order valence-corrected chi connectivity index (χ3v) is 3.88. The number of rotatable bonds is 6. The lowest BCUT2D eigenvalue weighted by Gasteiger charge is -2.30. The molecule has 0 bridgehead atoms. The second-order valence-corrected chi connectivity index (χ2v) is 5.04. The molecule has 1 fully saturated rings. The lowest BCUT2D eigenvalue weighted by molar-refractivity contribution is -0.126. The molecular weight excluding hydrogens is 272 g/mol. The van der Waals surface area contributed by atoms with Crippen molar-refractivity contribution in [3.63, 3.8) is 0 Å². The van der Waals surface area contributed by atoms with Crippen LogP contribution >= 0.6 is 0 Å². The zero-order valence-electron chi connectivity index (χ0n) is 12.5. The Morgan fingerprint density at radius 1 is 1.24 bits per heavy atom. The minimum atomic E-state index is -0.804. The van der Waals surface area contributed by atoms with Gasteiger partial charge in [0.1, 0.15) is 12.1 Å². The minimum absolute atomic E-state index is 0.257. The highest BCUT2D eigenvalue weighted by molar-refractivity contribution is 6.06. The van der Waals surface area contributed by atoms with E-state index in [4.69, 9.17) is 9.47 Å². The Balaban J connectivity index is 2.00. The molecule has 0 aromatic heterocycles. The van der Waals surface area contributed by atoms with Crippen LogP contribution in [-0.4, -0.2) is 42.6 Å². The van der Waals surface area contributed by atoms with E-state index in [0.717, 1.165) is 0 Å². The van der Waals surface area contributed by atoms with E-state index in [1.165, 1.54) is 4.90 Å². The SMILES string of the molecule is CCC1(C)C(=O)NC(=O)N1CCOc1ccccc1OC. The standard InChI is InChI=1S/C15H20N2O4/c1-4-15(2)13(18)16-14(19)17(15)9-10-21-12-8-6-5-7-11(12)20-3/h5-8H,4,9-10H2,1-3H3,(H,16,18,19). The van der Waals surface area contributed by atoms with E-state index in [0.29, 0.717) is 24.5 Å². The van der Waals surface area contributed by atoms with Crippen LogP contribution < -0.4 is 14.8 Å². The van der Waals surface area contributed by atoms with Crippen molar-refractivity contribution in [1.29, 1.82) is 0 Å². The summed E-state index contributed by atoms with van der Waals surface area (Å²) < 4.78 is 10.8. The first-order valence-electron chi connectivity index (χ1n) is 6.91. The van der Waals surface area contributed by atoms with Crippen LogP contribution in [0.25, 0.3) is 0 Å². The molecule has 0 saturated carbocycles. The molecule has 1 saturated heterocycles. The van der Waals surface area contributed by atoms with E-state index in [1.807, 2.05) is 19.1 Å². The molecule has 0 radical (unpaired) electrons. The summed E-state index contributed by atoms with van der Waals surface area (Å²) in [6, 6.07) is 6.94. The first-order chi connectivity index (χ1) is 10.0. The van der Waals surface area contributed by atoms with Crippen LogP contribution in [0.4, 0.5) is 4.79 Å². The predicted molar refractivity (Wildman–Crippen MR) is 77.4 cm³/mol. The molecule has 114 valence electrons. The fourth-order valence-electron chi connectivity index (χ4n) is 2.33. The fourth-order valence-corrected chi connectivity index (χ4v) is 2.33. The molecular formula is C15H20N2O4. The number of carbonyl (C=O) groups is 2. The van der Waals surface area contributed by atoms with E-state index < -0.39 is 5.54 Å². The number of hydrogen-bond donors (Lipinski definition) is 1. The highest BCUT2D eigenvalue weighted by Crippen LogP contribution is 2.27. The van der Waals surface area contributed by atoms with Gasteiger partial charge in [-0.1, -0.05) is 19.1 Å². The highest BCUT2D eigenvalue weighted by atomic mass is 16.5. The van der Waals surface area contributed by atoms with Gasteiger partial charge in [-0.2, -0.15) is 0 Å². The van der Waals surface area contributed by atoms with Crippen LogP contribution in [0.1, 0.15) is 20.3 Å². The van der Waals surface area contributed by atoms with Crippen molar-refractivity contribution in [3.05, 3.63) is 24.3 Å². The number of nitrogens with zero attached hydrogens (tertiary/aromatic N) is 1. The Morgan fingerprint density at radius 2 is 1.90 bits per heavy atom. The van der Waals surface area contributed by atoms with Gasteiger partial charge in [-0.05, 0) is 25.5 Å². The molecule has 0 spiro atoms. The quantitative estimate of drug-likeness (QED) is 0.812. The minimum Gasteiger partial charge on any atom is -0.493 e. The lowest BCUT2D eigenvalue weighted by atomic mass is 9.97. The molecule has 0 aliphatic carbocycles. The second-order valence-electron chi connectivity index (χ2n) is 5.04. The van der Waals surface area contributed by atoms with E-state index in [-0.39, 0.29) is 18.5 Å². The molecule has 1 heterocycles. The zero-order valence-corrected chi connectivity index (χ0v) is 12.5. The average molecular weight is 292 g/mol. The van der Waals surface area contributed by atoms with Crippen molar-refractivity contribution >= 4 is 11.9 Å². The third kappa shape index (κ3) is 2.79. The number of nitrogens with one attached hydrogen (secondary N) is 1. The van der Waals surface area contributed by atoms with Crippen LogP contribution in [0, 0.1) is 0 Å². The number of ether oxygens (including phenoxy) is 2. The van der Waals surface area contributed by atoms with Gasteiger partial charge in [-0.3, -0.25) is 10.1 Å². The van der Waals surface area contributed by atoms with Crippen molar-refractivity contribution in [2.24, 2.45) is 0 Å². The maximum absolute atomic E-state index is 11.8. The van der Waals surface area contributed by atoms with Crippen LogP contribution in [0.3, 0.4) is 0 Å². The van der Waals surface area contributed by atoms with Gasteiger partial charge in [-0.15, -0.1) is 0 Å². The zero-order chi connectivity index (χ0) is 15.5. The molecule has 6 heteroatoms. The second kappa shape index (κ2) is 6.03. The maximum Gasteiger partial charge on any atom is 0.325 e. The monoisotopic (exact) mass is 292 g/mol. The molecule has 1 aromatic rings. The summed E-state index contributed by atoms with van der Waals surface area (Å²) in [6.07, 6.45) is 0.555. The van der Waals surface area contributed by atoms with Crippen molar-refractivity contribution in [2.75, 3.05) is 20.3 Å². The number of imide groups is 1. The molecule has 1 atom stereocenters. The van der Waals surface area contributed by atoms with Gasteiger partial charge in [0.25, 0.3) is 5.91 Å². The number of benzene rings is 1. The summed E-state index contributed by atoms with van der Waals surface area (Å²) in [4.78, 5) is 25.2. The van der Waals surface area contributed by atoms with Crippen LogP contribution in [0.15, 0.2) is 24.3 Å². The summed E-state index contributed by atoms with van der Waals surface area (Å²) in [5.41, 5.74) is -0.804. The van der Waals surface area contributed by atoms with E-state index in [2.05, 4.69) is 5.32 Å². The van der Waals surface area contributed by atoms with Gasteiger partial charge in [-0.25, -0.2) is 4.79 Å². The van der Waals surface area contributed by atoms with Crippen molar-refractivity contribution in [3.8, 4) is 11.5 Å². The largest absolute Gasteiger partial charge is 0.493 e. The van der Waals surface area contributed by atoms with Gasteiger partial charge in [0.2, 0.25) is 0 Å². The topological polar surface area (TPSA) is 67.9 Å². The maximum atomic E-state index is 11.8.